The molecule has 0 aromatic heterocycles. The zero-order valence-electron chi connectivity index (χ0n) is 23.4. The number of rotatable bonds is 3. The van der Waals surface area contributed by atoms with E-state index >= 15 is 0 Å². The average molecular weight is 563 g/mol. The van der Waals surface area contributed by atoms with Crippen molar-refractivity contribution in [3.05, 3.63) is 34.9 Å². The minimum atomic E-state index is -1.67. The molecule has 11 atom stereocenters. The van der Waals surface area contributed by atoms with Crippen LogP contribution in [0, 0.1) is 28.6 Å². The maximum absolute atomic E-state index is 13.5. The van der Waals surface area contributed by atoms with Gasteiger partial charge in [-0.05, 0) is 57.1 Å². The van der Waals surface area contributed by atoms with Crippen LogP contribution < -0.4 is 0 Å². The van der Waals surface area contributed by atoms with Crippen LogP contribution in [0.5, 0.6) is 0 Å². The summed E-state index contributed by atoms with van der Waals surface area (Å²) in [5, 5.41) is 35.1. The van der Waals surface area contributed by atoms with Gasteiger partial charge in [0.25, 0.3) is 0 Å². The quantitative estimate of drug-likeness (QED) is 0.272. The molecular formula is C30H39ClO8. The second kappa shape index (κ2) is 9.00. The number of alkyl halides is 1. The van der Waals surface area contributed by atoms with Gasteiger partial charge in [0, 0.05) is 30.3 Å². The first-order valence-corrected chi connectivity index (χ1v) is 14.2. The number of aliphatic hydroxyl groups is 3. The molecule has 0 saturated heterocycles. The van der Waals surface area contributed by atoms with Crippen LogP contribution in [0.25, 0.3) is 0 Å². The summed E-state index contributed by atoms with van der Waals surface area (Å²) in [6.07, 6.45) is 1.89. The van der Waals surface area contributed by atoms with E-state index in [1.807, 2.05) is 20.8 Å². The van der Waals surface area contributed by atoms with Gasteiger partial charge in [0.2, 0.25) is 0 Å². The van der Waals surface area contributed by atoms with Crippen molar-refractivity contribution in [2.24, 2.45) is 28.6 Å². The molecule has 2 fully saturated rings. The van der Waals surface area contributed by atoms with Crippen molar-refractivity contribution < 1.29 is 39.2 Å². The molecule has 0 amide bonds. The highest BCUT2D eigenvalue weighted by atomic mass is 35.5. The molecule has 0 radical (unpaired) electrons. The maximum atomic E-state index is 13.5. The van der Waals surface area contributed by atoms with Gasteiger partial charge in [0.1, 0.15) is 22.7 Å². The molecule has 3 N–H and O–H groups in total. The zero-order valence-corrected chi connectivity index (χ0v) is 24.1. The van der Waals surface area contributed by atoms with Gasteiger partial charge in [0.05, 0.1) is 17.6 Å². The lowest BCUT2D eigenvalue weighted by Crippen LogP contribution is -2.75. The number of ketones is 1. The molecule has 214 valence electrons. The Morgan fingerprint density at radius 2 is 1.87 bits per heavy atom. The topological polar surface area (TPSA) is 130 Å². The number of esters is 2. The van der Waals surface area contributed by atoms with E-state index in [1.54, 1.807) is 19.9 Å². The van der Waals surface area contributed by atoms with E-state index < -0.39 is 63.5 Å². The fourth-order valence-electron chi connectivity index (χ4n) is 8.71. The van der Waals surface area contributed by atoms with Crippen LogP contribution in [0.2, 0.25) is 0 Å². The summed E-state index contributed by atoms with van der Waals surface area (Å²) >= 11 is 6.99. The fourth-order valence-corrected chi connectivity index (χ4v) is 9.11. The second-order valence-corrected chi connectivity index (χ2v) is 13.4. The number of halogens is 1. The highest BCUT2D eigenvalue weighted by molar-refractivity contribution is 6.28. The molecule has 0 spiro atoms. The van der Waals surface area contributed by atoms with Crippen molar-refractivity contribution >= 4 is 29.3 Å². The van der Waals surface area contributed by atoms with Crippen molar-refractivity contribution in [3.63, 3.8) is 0 Å². The number of cyclic esters (lactones) is 1. The van der Waals surface area contributed by atoms with E-state index in [0.717, 1.165) is 11.1 Å². The molecule has 0 bridgehead atoms. The van der Waals surface area contributed by atoms with Crippen molar-refractivity contribution in [3.8, 4) is 0 Å². The first-order chi connectivity index (χ1) is 18.0. The summed E-state index contributed by atoms with van der Waals surface area (Å²) in [6.45, 7) is 10.5. The Bertz CT molecular complexity index is 1220. The van der Waals surface area contributed by atoms with Gasteiger partial charge in [-0.3, -0.25) is 9.59 Å². The highest BCUT2D eigenvalue weighted by Gasteiger charge is 2.76. The summed E-state index contributed by atoms with van der Waals surface area (Å²) in [5.41, 5.74) is -1.56. The Morgan fingerprint density at radius 3 is 2.49 bits per heavy atom. The molecule has 8 nitrogen and oxygen atoms in total. The van der Waals surface area contributed by atoms with Crippen LogP contribution in [-0.4, -0.2) is 67.9 Å². The van der Waals surface area contributed by atoms with Crippen molar-refractivity contribution in [1.29, 1.82) is 0 Å². The third-order valence-electron chi connectivity index (χ3n) is 11.2. The lowest BCUT2D eigenvalue weighted by molar-refractivity contribution is -0.240. The van der Waals surface area contributed by atoms with Crippen LogP contribution in [-0.2, 0) is 23.9 Å². The Morgan fingerprint density at radius 1 is 1.21 bits per heavy atom. The van der Waals surface area contributed by atoms with Gasteiger partial charge >= 0.3 is 11.9 Å². The normalized spacial score (nSPS) is 48.0. The molecular weight excluding hydrogens is 524 g/mol. The van der Waals surface area contributed by atoms with Crippen LogP contribution in [0.4, 0.5) is 0 Å². The second-order valence-electron chi connectivity index (χ2n) is 12.8. The first-order valence-electron chi connectivity index (χ1n) is 13.8. The molecule has 2 saturated carbocycles. The molecule has 4 aliphatic carbocycles. The first kappa shape index (κ1) is 28.5. The zero-order chi connectivity index (χ0) is 28.9. The highest BCUT2D eigenvalue weighted by Crippen LogP contribution is 2.70. The number of fused-ring (bicyclic) bond motifs is 5. The Kier molecular flexibility index (Phi) is 6.58. The predicted octanol–water partition coefficient (Wildman–Crippen LogP) is 3.16. The largest absolute Gasteiger partial charge is 0.458 e. The van der Waals surface area contributed by atoms with Crippen molar-refractivity contribution in [2.45, 2.75) is 102 Å². The number of carbonyl (C=O) groups is 3. The molecule has 5 aliphatic rings. The van der Waals surface area contributed by atoms with Crippen LogP contribution in [0.1, 0.15) is 67.2 Å². The maximum Gasteiger partial charge on any atom is 0.333 e. The molecule has 39 heavy (non-hydrogen) atoms. The van der Waals surface area contributed by atoms with E-state index in [0.29, 0.717) is 24.8 Å². The average Bonchev–Trinajstić information content (AvgIpc) is 3.09. The van der Waals surface area contributed by atoms with Gasteiger partial charge in [-0.15, -0.1) is 11.6 Å². The summed E-state index contributed by atoms with van der Waals surface area (Å²) in [5.74, 6) is -2.69. The van der Waals surface area contributed by atoms with Crippen LogP contribution in [0.3, 0.4) is 0 Å². The molecule has 1 aliphatic heterocycles. The molecule has 5 rings (SSSR count). The SMILES string of the molecule is CC(=O)O[C@H]1C=C([C@H](C)[C@H]2CC(C)=C(C)C(=O)O2)[C@@]2(C)CC[C@H]3[C@@H](C[C@@H](O)[C@@]4(Cl)[C@@H](O)C=CC(=O)[C@]34C)[C@]12O. The van der Waals surface area contributed by atoms with Crippen LogP contribution >= 0.6 is 11.6 Å². The Labute approximate surface area is 234 Å². The van der Waals surface area contributed by atoms with E-state index in [9.17, 15) is 29.7 Å². The summed E-state index contributed by atoms with van der Waals surface area (Å²) in [6, 6.07) is 0. The van der Waals surface area contributed by atoms with Gasteiger partial charge < -0.3 is 24.8 Å². The van der Waals surface area contributed by atoms with Crippen molar-refractivity contribution in [2.75, 3.05) is 0 Å². The molecule has 0 aromatic rings. The van der Waals surface area contributed by atoms with E-state index in [4.69, 9.17) is 21.1 Å². The minimum absolute atomic E-state index is 0.0146. The number of allylic oxidation sites excluding steroid dienone is 1. The van der Waals surface area contributed by atoms with Crippen LogP contribution in [0.15, 0.2) is 34.9 Å². The van der Waals surface area contributed by atoms with Gasteiger partial charge in [-0.25, -0.2) is 4.79 Å². The van der Waals surface area contributed by atoms with E-state index in [-0.39, 0.29) is 24.1 Å². The summed E-state index contributed by atoms with van der Waals surface area (Å²) in [7, 11) is 0. The number of ether oxygens (including phenoxy) is 2. The Balaban J connectivity index is 1.60. The molecule has 9 heteroatoms. The van der Waals surface area contributed by atoms with Crippen molar-refractivity contribution in [1.82, 2.24) is 0 Å². The predicted molar refractivity (Wildman–Crippen MR) is 142 cm³/mol. The van der Waals surface area contributed by atoms with Gasteiger partial charge in [-0.1, -0.05) is 38.0 Å². The smallest absolute Gasteiger partial charge is 0.333 e. The van der Waals surface area contributed by atoms with Gasteiger partial charge in [-0.2, -0.15) is 0 Å². The molecule has 1 heterocycles. The third-order valence-corrected chi connectivity index (χ3v) is 12.1. The number of hydrogen-bond acceptors (Lipinski definition) is 8. The molecule has 0 unspecified atom stereocenters. The number of aliphatic hydroxyl groups excluding tert-OH is 2. The lowest BCUT2D eigenvalue weighted by Gasteiger charge is -2.66. The monoisotopic (exact) mass is 562 g/mol. The fraction of sp³-hybridized carbons (Fsp3) is 0.700. The number of hydrogen-bond donors (Lipinski definition) is 3. The summed E-state index contributed by atoms with van der Waals surface area (Å²) < 4.78 is 11.6. The Hall–Kier alpha value is -2.00. The summed E-state index contributed by atoms with van der Waals surface area (Å²) in [4.78, 5) is 36.6. The third kappa shape index (κ3) is 3.50. The van der Waals surface area contributed by atoms with E-state index in [1.165, 1.54) is 19.1 Å². The minimum Gasteiger partial charge on any atom is -0.458 e. The number of carbonyl (C=O) groups excluding carboxylic acids is 3. The van der Waals surface area contributed by atoms with Gasteiger partial charge in [0.15, 0.2) is 5.78 Å². The standard InChI is InChI=1S/C30H39ClO8/c1-14-11-21(39-26(36)15(14)2)16(3)19-13-25(38-17(4)32)30(37)20-12-24(35)29(31)23(34)8-7-22(33)28(29,6)18(20)9-10-27(19,30)5/h7-8,13,16,18,20-21,23-25,34-35,37H,9-12H2,1-6H3/t16-,18-,20+,21+,23-,24+,25-,27+,28-,29-,30-/m0/s1. The lowest BCUT2D eigenvalue weighted by atomic mass is 9.42. The molecule has 0 aromatic carbocycles. The van der Waals surface area contributed by atoms with E-state index in [2.05, 4.69) is 0 Å².